The van der Waals surface area contributed by atoms with Gasteiger partial charge in [-0.25, -0.2) is 0 Å². The van der Waals surface area contributed by atoms with Crippen LogP contribution in [-0.4, -0.2) is 16.3 Å². The van der Waals surface area contributed by atoms with E-state index in [0.29, 0.717) is 5.92 Å². The highest BCUT2D eigenvalue weighted by Gasteiger charge is 2.19. The summed E-state index contributed by atoms with van der Waals surface area (Å²) < 4.78 is 0. The molecule has 0 aromatic rings. The molecule has 0 amide bonds. The van der Waals surface area contributed by atoms with Crippen LogP contribution in [0.3, 0.4) is 0 Å². The van der Waals surface area contributed by atoms with Crippen LogP contribution >= 0.6 is 0 Å². The predicted molar refractivity (Wildman–Crippen MR) is 44.4 cm³/mol. The Hall–Kier alpha value is -0.500. The van der Waals surface area contributed by atoms with E-state index in [4.69, 9.17) is 5.11 Å². The van der Waals surface area contributed by atoms with Crippen molar-refractivity contribution in [2.24, 2.45) is 5.92 Å². The summed E-state index contributed by atoms with van der Waals surface area (Å²) in [5, 5.41) is 17.9. The maximum Gasteiger partial charge on any atom is 0.0781 e. The number of hydrogen-bond donors (Lipinski definition) is 2. The smallest absolute Gasteiger partial charge is 0.0781 e. The molecule has 0 aromatic heterocycles. The van der Waals surface area contributed by atoms with E-state index in [1.54, 1.807) is 0 Å². The molecule has 0 saturated heterocycles. The van der Waals surface area contributed by atoms with Gasteiger partial charge in [0.05, 0.1) is 12.4 Å². The van der Waals surface area contributed by atoms with Crippen LogP contribution in [-0.2, 0) is 0 Å². The highest BCUT2D eigenvalue weighted by Crippen LogP contribution is 2.26. The molecular weight excluding hydrogens is 140 g/mol. The molecule has 2 N–H and O–H groups in total. The van der Waals surface area contributed by atoms with E-state index < -0.39 is 6.10 Å². The van der Waals surface area contributed by atoms with E-state index in [2.05, 4.69) is 0 Å². The van der Waals surface area contributed by atoms with Gasteiger partial charge in [-0.1, -0.05) is 19.3 Å². The molecule has 1 aliphatic carbocycles. The molecule has 1 saturated carbocycles. The van der Waals surface area contributed by atoms with E-state index >= 15 is 0 Å². The zero-order valence-corrected chi connectivity index (χ0v) is 6.74. The Labute approximate surface area is 67.6 Å². The SMILES string of the molecule is OC=CC(O)C1CCCCC1. The second kappa shape index (κ2) is 4.39. The lowest BCUT2D eigenvalue weighted by Crippen LogP contribution is -2.20. The summed E-state index contributed by atoms with van der Waals surface area (Å²) in [5.41, 5.74) is 0. The van der Waals surface area contributed by atoms with E-state index in [-0.39, 0.29) is 0 Å². The van der Waals surface area contributed by atoms with Gasteiger partial charge in [0, 0.05) is 0 Å². The van der Waals surface area contributed by atoms with Crippen molar-refractivity contribution in [3.8, 4) is 0 Å². The third-order valence-corrected chi connectivity index (χ3v) is 2.42. The first-order chi connectivity index (χ1) is 5.34. The largest absolute Gasteiger partial charge is 0.516 e. The van der Waals surface area contributed by atoms with Gasteiger partial charge in [-0.15, -0.1) is 0 Å². The Bertz CT molecular complexity index is 126. The van der Waals surface area contributed by atoms with Crippen molar-refractivity contribution in [2.45, 2.75) is 38.2 Å². The monoisotopic (exact) mass is 156 g/mol. The first kappa shape index (κ1) is 8.60. The normalized spacial score (nSPS) is 24.1. The molecule has 1 unspecified atom stereocenters. The molecule has 2 nitrogen and oxygen atoms in total. The van der Waals surface area contributed by atoms with Crippen LogP contribution in [0.4, 0.5) is 0 Å². The average molecular weight is 156 g/mol. The standard InChI is InChI=1S/C9H16O2/c10-7-6-9(11)8-4-2-1-3-5-8/h6-11H,1-5H2. The molecule has 1 atom stereocenters. The maximum atomic E-state index is 9.43. The fourth-order valence-corrected chi connectivity index (χ4v) is 1.72. The van der Waals surface area contributed by atoms with Gasteiger partial charge in [0.2, 0.25) is 0 Å². The fraction of sp³-hybridized carbons (Fsp3) is 0.778. The van der Waals surface area contributed by atoms with Gasteiger partial charge in [0.25, 0.3) is 0 Å². The fourth-order valence-electron chi connectivity index (χ4n) is 1.72. The Kier molecular flexibility index (Phi) is 3.43. The van der Waals surface area contributed by atoms with Crippen LogP contribution < -0.4 is 0 Å². The quantitative estimate of drug-likeness (QED) is 0.600. The number of aliphatic hydroxyl groups is 2. The molecule has 0 aromatic carbocycles. The Morgan fingerprint density at radius 2 is 1.82 bits per heavy atom. The third-order valence-electron chi connectivity index (χ3n) is 2.42. The molecule has 0 heterocycles. The highest BCUT2D eigenvalue weighted by molar-refractivity contribution is 4.88. The van der Waals surface area contributed by atoms with Crippen molar-refractivity contribution in [2.75, 3.05) is 0 Å². The van der Waals surface area contributed by atoms with Gasteiger partial charge < -0.3 is 10.2 Å². The minimum absolute atomic E-state index is 0.382. The van der Waals surface area contributed by atoms with E-state index in [1.807, 2.05) is 0 Å². The van der Waals surface area contributed by atoms with E-state index in [9.17, 15) is 5.11 Å². The van der Waals surface area contributed by atoms with Crippen LogP contribution in [0.15, 0.2) is 12.3 Å². The summed E-state index contributed by atoms with van der Waals surface area (Å²) in [5.74, 6) is 0.382. The zero-order chi connectivity index (χ0) is 8.10. The lowest BCUT2D eigenvalue weighted by molar-refractivity contribution is 0.123. The predicted octanol–water partition coefficient (Wildman–Crippen LogP) is 2.00. The van der Waals surface area contributed by atoms with Crippen molar-refractivity contribution in [3.63, 3.8) is 0 Å². The van der Waals surface area contributed by atoms with Crippen LogP contribution in [0.25, 0.3) is 0 Å². The summed E-state index contributed by atoms with van der Waals surface area (Å²) in [7, 11) is 0. The van der Waals surface area contributed by atoms with Crippen molar-refractivity contribution in [1.82, 2.24) is 0 Å². The molecule has 0 aliphatic heterocycles. The molecule has 0 bridgehead atoms. The summed E-state index contributed by atoms with van der Waals surface area (Å²) >= 11 is 0. The molecule has 1 aliphatic rings. The minimum Gasteiger partial charge on any atom is -0.516 e. The molecule has 1 rings (SSSR count). The second-order valence-electron chi connectivity index (χ2n) is 3.23. The lowest BCUT2D eigenvalue weighted by Gasteiger charge is -2.24. The van der Waals surface area contributed by atoms with Crippen LogP contribution in [0.2, 0.25) is 0 Å². The first-order valence-electron chi connectivity index (χ1n) is 4.33. The molecule has 64 valence electrons. The third kappa shape index (κ3) is 2.54. The minimum atomic E-state index is -0.430. The molecule has 1 fully saturated rings. The van der Waals surface area contributed by atoms with Gasteiger partial charge in [-0.2, -0.15) is 0 Å². The Balaban J connectivity index is 2.32. The maximum absolute atomic E-state index is 9.43. The summed E-state index contributed by atoms with van der Waals surface area (Å²) in [6, 6.07) is 0. The second-order valence-corrected chi connectivity index (χ2v) is 3.23. The summed E-state index contributed by atoms with van der Waals surface area (Å²) in [6.45, 7) is 0. The Morgan fingerprint density at radius 3 is 2.36 bits per heavy atom. The van der Waals surface area contributed by atoms with Crippen LogP contribution in [0.5, 0.6) is 0 Å². The molecule has 11 heavy (non-hydrogen) atoms. The number of rotatable bonds is 2. The van der Waals surface area contributed by atoms with E-state index in [1.165, 1.54) is 25.3 Å². The van der Waals surface area contributed by atoms with Crippen molar-refractivity contribution >= 4 is 0 Å². The lowest BCUT2D eigenvalue weighted by atomic mass is 9.85. The number of aliphatic hydroxyl groups excluding tert-OH is 2. The van der Waals surface area contributed by atoms with Gasteiger partial charge in [-0.3, -0.25) is 0 Å². The molecule has 0 radical (unpaired) electrons. The molecule has 0 spiro atoms. The van der Waals surface area contributed by atoms with E-state index in [0.717, 1.165) is 19.1 Å². The Morgan fingerprint density at radius 1 is 1.18 bits per heavy atom. The van der Waals surface area contributed by atoms with Crippen LogP contribution in [0.1, 0.15) is 32.1 Å². The molecular formula is C9H16O2. The molecule has 2 heteroatoms. The first-order valence-corrected chi connectivity index (χ1v) is 4.33. The van der Waals surface area contributed by atoms with Crippen LogP contribution in [0, 0.1) is 5.92 Å². The van der Waals surface area contributed by atoms with Gasteiger partial charge in [-0.05, 0) is 24.8 Å². The van der Waals surface area contributed by atoms with Gasteiger partial charge in [0.1, 0.15) is 0 Å². The van der Waals surface area contributed by atoms with Crippen molar-refractivity contribution < 1.29 is 10.2 Å². The number of hydrogen-bond acceptors (Lipinski definition) is 2. The van der Waals surface area contributed by atoms with Gasteiger partial charge in [0.15, 0.2) is 0 Å². The topological polar surface area (TPSA) is 40.5 Å². The highest BCUT2D eigenvalue weighted by atomic mass is 16.3. The van der Waals surface area contributed by atoms with Crippen molar-refractivity contribution in [1.29, 1.82) is 0 Å². The summed E-state index contributed by atoms with van der Waals surface area (Å²) in [6.07, 6.45) is 7.93. The summed E-state index contributed by atoms with van der Waals surface area (Å²) in [4.78, 5) is 0. The zero-order valence-electron chi connectivity index (χ0n) is 6.74. The van der Waals surface area contributed by atoms with Gasteiger partial charge >= 0.3 is 0 Å². The average Bonchev–Trinajstić information content (AvgIpc) is 2.07. The van der Waals surface area contributed by atoms with Crippen molar-refractivity contribution in [3.05, 3.63) is 12.3 Å².